The molecule has 0 spiro atoms. The van der Waals surface area contributed by atoms with Crippen molar-refractivity contribution in [3.63, 3.8) is 0 Å². The first-order valence-electron chi connectivity index (χ1n) is 6.45. The van der Waals surface area contributed by atoms with Crippen molar-refractivity contribution >= 4 is 17.4 Å². The predicted molar refractivity (Wildman–Crippen MR) is 80.7 cm³/mol. The lowest BCUT2D eigenvalue weighted by atomic mass is 9.88. The summed E-state index contributed by atoms with van der Waals surface area (Å²) < 4.78 is 0. The lowest BCUT2D eigenvalue weighted by Gasteiger charge is -2.31. The summed E-state index contributed by atoms with van der Waals surface area (Å²) in [4.78, 5) is 11.3. The van der Waals surface area contributed by atoms with Crippen LogP contribution in [0, 0.1) is 15.5 Å². The number of nitrogens with one attached hydrogen (secondary N) is 1. The standard InChI is InChI=1S/C14H22N2O2S/c1-5-15-13(14(2,3)4)10-19-12-8-6-11(7-9-12)16(17)18/h6-9,13,15H,5,10H2,1-4H3. The third kappa shape index (κ3) is 5.20. The number of thioether (sulfide) groups is 1. The van der Waals surface area contributed by atoms with Gasteiger partial charge < -0.3 is 5.32 Å². The van der Waals surface area contributed by atoms with Crippen molar-refractivity contribution in [2.24, 2.45) is 5.41 Å². The molecule has 1 N–H and O–H groups in total. The van der Waals surface area contributed by atoms with Gasteiger partial charge in [-0.15, -0.1) is 11.8 Å². The van der Waals surface area contributed by atoms with Gasteiger partial charge in [0.25, 0.3) is 5.69 Å². The zero-order chi connectivity index (χ0) is 14.5. The fourth-order valence-corrected chi connectivity index (χ4v) is 3.01. The van der Waals surface area contributed by atoms with Crippen LogP contribution in [0.15, 0.2) is 29.2 Å². The van der Waals surface area contributed by atoms with E-state index in [1.54, 1.807) is 23.9 Å². The van der Waals surface area contributed by atoms with Crippen LogP contribution >= 0.6 is 11.8 Å². The molecule has 0 amide bonds. The zero-order valence-corrected chi connectivity index (χ0v) is 12.8. The Balaban J connectivity index is 2.61. The minimum absolute atomic E-state index is 0.142. The Morgan fingerprint density at radius 2 is 1.89 bits per heavy atom. The normalized spacial score (nSPS) is 13.3. The largest absolute Gasteiger partial charge is 0.313 e. The quantitative estimate of drug-likeness (QED) is 0.491. The summed E-state index contributed by atoms with van der Waals surface area (Å²) >= 11 is 1.73. The molecule has 4 nitrogen and oxygen atoms in total. The lowest BCUT2D eigenvalue weighted by molar-refractivity contribution is -0.384. The minimum atomic E-state index is -0.370. The number of hydrogen-bond acceptors (Lipinski definition) is 4. The Morgan fingerprint density at radius 1 is 1.32 bits per heavy atom. The number of benzene rings is 1. The molecule has 5 heteroatoms. The third-order valence-electron chi connectivity index (χ3n) is 2.96. The summed E-state index contributed by atoms with van der Waals surface area (Å²) in [5.41, 5.74) is 0.340. The molecule has 0 aliphatic rings. The summed E-state index contributed by atoms with van der Waals surface area (Å²) in [6.07, 6.45) is 0. The number of rotatable bonds is 6. The molecule has 0 fully saturated rings. The smallest absolute Gasteiger partial charge is 0.269 e. The summed E-state index contributed by atoms with van der Waals surface area (Å²) in [5.74, 6) is 0.954. The van der Waals surface area contributed by atoms with Gasteiger partial charge in [0.05, 0.1) is 4.92 Å². The van der Waals surface area contributed by atoms with E-state index < -0.39 is 0 Å². The van der Waals surface area contributed by atoms with Crippen molar-refractivity contribution in [1.82, 2.24) is 5.32 Å². The van der Waals surface area contributed by atoms with Gasteiger partial charge in [-0.3, -0.25) is 10.1 Å². The molecular weight excluding hydrogens is 260 g/mol. The van der Waals surface area contributed by atoms with Gasteiger partial charge in [-0.25, -0.2) is 0 Å². The maximum absolute atomic E-state index is 10.6. The van der Waals surface area contributed by atoms with Crippen molar-refractivity contribution in [1.29, 1.82) is 0 Å². The maximum atomic E-state index is 10.6. The highest BCUT2D eigenvalue weighted by Gasteiger charge is 2.23. The number of nitrogens with zero attached hydrogens (tertiary/aromatic N) is 1. The maximum Gasteiger partial charge on any atom is 0.269 e. The van der Waals surface area contributed by atoms with Gasteiger partial charge in [-0.2, -0.15) is 0 Å². The van der Waals surface area contributed by atoms with Gasteiger partial charge in [0.1, 0.15) is 0 Å². The highest BCUT2D eigenvalue weighted by molar-refractivity contribution is 7.99. The molecule has 1 rings (SSSR count). The molecule has 1 unspecified atom stereocenters. The molecule has 0 radical (unpaired) electrons. The lowest BCUT2D eigenvalue weighted by Crippen LogP contribution is -2.42. The van der Waals surface area contributed by atoms with Crippen molar-refractivity contribution < 1.29 is 4.92 Å². The van der Waals surface area contributed by atoms with E-state index in [9.17, 15) is 10.1 Å². The fraction of sp³-hybridized carbons (Fsp3) is 0.571. The average molecular weight is 282 g/mol. The molecular formula is C14H22N2O2S. The van der Waals surface area contributed by atoms with Crippen molar-refractivity contribution in [2.75, 3.05) is 12.3 Å². The zero-order valence-electron chi connectivity index (χ0n) is 12.0. The molecule has 0 saturated heterocycles. The second-order valence-electron chi connectivity index (χ2n) is 5.54. The van der Waals surface area contributed by atoms with E-state index in [-0.39, 0.29) is 16.0 Å². The van der Waals surface area contributed by atoms with Crippen molar-refractivity contribution in [2.45, 2.75) is 38.6 Å². The van der Waals surface area contributed by atoms with E-state index >= 15 is 0 Å². The van der Waals surface area contributed by atoms with E-state index in [1.165, 1.54) is 0 Å². The Morgan fingerprint density at radius 3 is 2.32 bits per heavy atom. The van der Waals surface area contributed by atoms with Crippen LogP contribution in [0.5, 0.6) is 0 Å². The van der Waals surface area contributed by atoms with Crippen LogP contribution in [0.1, 0.15) is 27.7 Å². The first kappa shape index (κ1) is 16.0. The van der Waals surface area contributed by atoms with Crippen LogP contribution in [0.3, 0.4) is 0 Å². The summed E-state index contributed by atoms with van der Waals surface area (Å²) in [5, 5.41) is 14.1. The molecule has 1 aromatic carbocycles. The molecule has 0 aliphatic heterocycles. The molecule has 0 aromatic heterocycles. The Bertz CT molecular complexity index is 412. The second-order valence-corrected chi connectivity index (χ2v) is 6.63. The van der Waals surface area contributed by atoms with Gasteiger partial charge in [-0.1, -0.05) is 27.7 Å². The molecule has 0 heterocycles. The molecule has 106 valence electrons. The molecule has 0 bridgehead atoms. The van der Waals surface area contributed by atoms with Gasteiger partial charge in [-0.05, 0) is 24.1 Å². The summed E-state index contributed by atoms with van der Waals surface area (Å²) in [6.45, 7) is 9.71. The molecule has 19 heavy (non-hydrogen) atoms. The minimum Gasteiger partial charge on any atom is -0.313 e. The molecule has 1 aromatic rings. The number of nitro benzene ring substituents is 1. The fourth-order valence-electron chi connectivity index (χ4n) is 1.71. The average Bonchev–Trinajstić information content (AvgIpc) is 2.33. The van der Waals surface area contributed by atoms with Gasteiger partial charge >= 0.3 is 0 Å². The number of hydrogen-bond donors (Lipinski definition) is 1. The first-order chi connectivity index (χ1) is 8.84. The number of nitro groups is 1. The number of non-ortho nitro benzene ring substituents is 1. The van der Waals surface area contributed by atoms with Crippen LogP contribution in [0.2, 0.25) is 0 Å². The van der Waals surface area contributed by atoms with Crippen LogP contribution in [-0.2, 0) is 0 Å². The van der Waals surface area contributed by atoms with Crippen LogP contribution in [0.4, 0.5) is 5.69 Å². The highest BCUT2D eigenvalue weighted by atomic mass is 32.2. The topological polar surface area (TPSA) is 55.2 Å². The monoisotopic (exact) mass is 282 g/mol. The third-order valence-corrected chi connectivity index (χ3v) is 4.07. The second kappa shape index (κ2) is 6.91. The Kier molecular flexibility index (Phi) is 5.82. The summed E-state index contributed by atoms with van der Waals surface area (Å²) in [7, 11) is 0. The van der Waals surface area contributed by atoms with E-state index in [1.807, 2.05) is 12.1 Å². The van der Waals surface area contributed by atoms with E-state index in [4.69, 9.17) is 0 Å². The summed E-state index contributed by atoms with van der Waals surface area (Å²) in [6, 6.07) is 7.16. The van der Waals surface area contributed by atoms with Gasteiger partial charge in [0, 0.05) is 28.8 Å². The Labute approximate surface area is 119 Å². The first-order valence-corrected chi connectivity index (χ1v) is 7.43. The SMILES string of the molecule is CCNC(CSc1ccc([N+](=O)[O-])cc1)C(C)(C)C. The molecule has 0 saturated carbocycles. The van der Waals surface area contributed by atoms with Crippen molar-refractivity contribution in [3.05, 3.63) is 34.4 Å². The predicted octanol–water partition coefficient (Wildman–Crippen LogP) is 3.71. The van der Waals surface area contributed by atoms with Gasteiger partial charge in [0.2, 0.25) is 0 Å². The molecule has 0 aliphatic carbocycles. The van der Waals surface area contributed by atoms with Crippen LogP contribution < -0.4 is 5.32 Å². The van der Waals surface area contributed by atoms with Gasteiger partial charge in [0.15, 0.2) is 0 Å². The highest BCUT2D eigenvalue weighted by Crippen LogP contribution is 2.27. The van der Waals surface area contributed by atoms with E-state index in [2.05, 4.69) is 33.0 Å². The van der Waals surface area contributed by atoms with Crippen molar-refractivity contribution in [3.8, 4) is 0 Å². The van der Waals surface area contributed by atoms with E-state index in [0.717, 1.165) is 17.2 Å². The van der Waals surface area contributed by atoms with Crippen LogP contribution in [0.25, 0.3) is 0 Å². The van der Waals surface area contributed by atoms with Crippen LogP contribution in [-0.4, -0.2) is 23.3 Å². The molecule has 1 atom stereocenters. The Hall–Kier alpha value is -1.07. The van der Waals surface area contributed by atoms with E-state index in [0.29, 0.717) is 6.04 Å².